The van der Waals surface area contributed by atoms with Crippen molar-refractivity contribution in [1.82, 2.24) is 30.2 Å². The van der Waals surface area contributed by atoms with Crippen LogP contribution in [0.4, 0.5) is 5.82 Å². The summed E-state index contributed by atoms with van der Waals surface area (Å²) in [4.78, 5) is 98.8. The first-order valence-electron chi connectivity index (χ1n) is 16.9. The van der Waals surface area contributed by atoms with Gasteiger partial charge in [0.05, 0.1) is 25.1 Å². The monoisotopic (exact) mass is 909 g/mol. The minimum absolute atomic E-state index is 0.0195. The molecule has 2 amide bonds. The van der Waals surface area contributed by atoms with Crippen molar-refractivity contribution in [2.75, 3.05) is 37.8 Å². The van der Waals surface area contributed by atoms with Crippen LogP contribution in [-0.2, 0) is 55.5 Å². The second-order valence-electron chi connectivity index (χ2n) is 13.8. The van der Waals surface area contributed by atoms with Crippen LogP contribution in [0.25, 0.3) is 11.2 Å². The van der Waals surface area contributed by atoms with Gasteiger partial charge in [-0.2, -0.15) is 4.31 Å². The molecule has 1 aliphatic rings. The van der Waals surface area contributed by atoms with Crippen LogP contribution in [0.1, 0.15) is 53.2 Å². The van der Waals surface area contributed by atoms with E-state index in [9.17, 15) is 67.8 Å². The number of phosphoric acid groups is 3. The molecule has 0 saturated carbocycles. The van der Waals surface area contributed by atoms with Crippen molar-refractivity contribution in [1.29, 1.82) is 0 Å². The first-order valence-corrected chi connectivity index (χ1v) is 22.4. The number of Topliss-reactive ketones (excluding diaryl/α,β-unsaturated/α-hetero) is 1. The Hall–Kier alpha value is -2.81. The lowest BCUT2D eigenvalue weighted by Gasteiger charge is -2.30. The Bertz CT molecular complexity index is 1950. The Kier molecular flexibility index (Phi) is 17.2. The number of ether oxygens (including phenoxy) is 1. The molecule has 0 bridgehead atoms. The number of fused-ring (bicyclic) bond motifs is 1. The number of aliphatic hydroxyl groups excluding tert-OH is 2. The van der Waals surface area contributed by atoms with Gasteiger partial charge in [-0.25, -0.2) is 28.6 Å². The molecule has 1 aliphatic heterocycles. The Morgan fingerprint density at radius 2 is 1.67 bits per heavy atom. The number of aromatic nitrogens is 4. The Labute approximate surface area is 334 Å². The van der Waals surface area contributed by atoms with Crippen LogP contribution in [-0.4, -0.2) is 139 Å². The minimum atomic E-state index is -5.59. The Balaban J connectivity index is 1.47. The van der Waals surface area contributed by atoms with E-state index in [0.29, 0.717) is 0 Å². The molecule has 3 rings (SSSR count). The maximum atomic E-state index is 12.7. The normalized spacial score (nSPS) is 22.4. The minimum Gasteiger partial charge on any atom is -0.389 e. The van der Waals surface area contributed by atoms with Crippen molar-refractivity contribution in [2.45, 2.75) is 83.2 Å². The zero-order chi connectivity index (χ0) is 43.9. The number of ketones is 1. The van der Waals surface area contributed by atoms with Gasteiger partial charge in [0.15, 0.2) is 22.8 Å². The highest BCUT2D eigenvalue weighted by atomic mass is 32.2. The first kappa shape index (κ1) is 49.6. The number of rotatable bonds is 23. The maximum Gasteiger partial charge on any atom is 0.481 e. The van der Waals surface area contributed by atoms with Crippen molar-refractivity contribution in [2.24, 2.45) is 5.41 Å². The van der Waals surface area contributed by atoms with Crippen molar-refractivity contribution >= 4 is 74.9 Å². The number of thioether (sulfide) groups is 1. The standard InChI is InChI=1S/C28H46N7O19P3S/c1-15(36)9-28(4,42)10-18(38)58-8-7-30-17(37)5-6-31-25(41)22(40)27(2,3)12-51-57(48,49)54-56(46,47)50-11-16-21(53-55(43,44)45)20(39)26(52-16)35-14-34-19-23(29)32-13-33-24(19)35/h13-14,16,20-22,26,39-40,42H,5-12H2,1-4H3,(H,30,37)(H,31,41)(H,46,47)(H,48,49)(H2,29,32,33)(H2,43,44,45)/t16-,20?,21?,22+,26-,28-/m0/s1. The number of aliphatic hydroxyl groups is 3. The highest BCUT2D eigenvalue weighted by Gasteiger charge is 2.50. The number of amides is 2. The summed E-state index contributed by atoms with van der Waals surface area (Å²) in [6, 6.07) is 0. The number of hydrogen-bond acceptors (Lipinski definition) is 20. The average Bonchev–Trinajstić information content (AvgIpc) is 3.63. The van der Waals surface area contributed by atoms with Crippen LogP contribution in [0.15, 0.2) is 12.7 Å². The van der Waals surface area contributed by atoms with E-state index in [1.807, 2.05) is 0 Å². The van der Waals surface area contributed by atoms with E-state index in [2.05, 4.69) is 34.4 Å². The van der Waals surface area contributed by atoms with Crippen LogP contribution in [0, 0.1) is 5.41 Å². The predicted molar refractivity (Wildman–Crippen MR) is 198 cm³/mol. The number of carbonyl (C=O) groups is 4. The lowest BCUT2D eigenvalue weighted by atomic mass is 9.87. The van der Waals surface area contributed by atoms with Crippen LogP contribution in [0.2, 0.25) is 0 Å². The number of hydrogen-bond donors (Lipinski definition) is 10. The van der Waals surface area contributed by atoms with Crippen molar-refractivity contribution in [3.8, 4) is 0 Å². The summed E-state index contributed by atoms with van der Waals surface area (Å²) < 4.78 is 62.0. The molecule has 30 heteroatoms. The molecule has 2 aromatic rings. The molecule has 2 aromatic heterocycles. The van der Waals surface area contributed by atoms with E-state index in [4.69, 9.17) is 19.5 Å². The lowest BCUT2D eigenvalue weighted by Crippen LogP contribution is -2.46. The van der Waals surface area contributed by atoms with Crippen LogP contribution in [0.3, 0.4) is 0 Å². The smallest absolute Gasteiger partial charge is 0.389 e. The summed E-state index contributed by atoms with van der Waals surface area (Å²) in [6.07, 6.45) is -7.54. The third-order valence-electron chi connectivity index (χ3n) is 7.92. The Morgan fingerprint density at radius 1 is 1.02 bits per heavy atom. The molecule has 0 aromatic carbocycles. The van der Waals surface area contributed by atoms with E-state index in [1.165, 1.54) is 27.7 Å². The quantitative estimate of drug-likeness (QED) is 0.0461. The van der Waals surface area contributed by atoms with Crippen molar-refractivity contribution in [3.05, 3.63) is 12.7 Å². The van der Waals surface area contributed by atoms with Crippen molar-refractivity contribution < 1.29 is 90.4 Å². The topological polar surface area (TPSA) is 401 Å². The SMILES string of the molecule is CC(=O)C[C@](C)(O)CC(=O)SCCNC(=O)CCNC(=O)[C@@H](O)C(C)(C)COP(=O)(O)OP(=O)(O)OC[C@@H]1O[C@H](n2cnc3c(N)ncnc32)C(O)C1OP(=O)(O)O. The summed E-state index contributed by atoms with van der Waals surface area (Å²) in [5.74, 6) is -1.69. The van der Waals surface area contributed by atoms with E-state index in [0.717, 1.165) is 29.0 Å². The van der Waals surface area contributed by atoms with E-state index in [-0.39, 0.29) is 66.0 Å². The largest absolute Gasteiger partial charge is 0.481 e. The zero-order valence-electron chi connectivity index (χ0n) is 31.3. The lowest BCUT2D eigenvalue weighted by molar-refractivity contribution is -0.137. The molecule has 8 atom stereocenters. The average molecular weight is 910 g/mol. The molecule has 1 fully saturated rings. The van der Waals surface area contributed by atoms with Gasteiger partial charge in [-0.1, -0.05) is 25.6 Å². The van der Waals surface area contributed by atoms with E-state index in [1.54, 1.807) is 0 Å². The summed E-state index contributed by atoms with van der Waals surface area (Å²) in [7, 11) is -16.5. The van der Waals surface area contributed by atoms with Gasteiger partial charge in [0.25, 0.3) is 0 Å². The highest BCUT2D eigenvalue weighted by Crippen LogP contribution is 2.61. The number of imidazole rings is 1. The van der Waals surface area contributed by atoms with E-state index >= 15 is 0 Å². The molecule has 58 heavy (non-hydrogen) atoms. The first-order chi connectivity index (χ1) is 26.6. The molecule has 328 valence electrons. The molecule has 0 radical (unpaired) electrons. The molecule has 1 saturated heterocycles. The number of nitrogens with two attached hydrogens (primary N) is 1. The van der Waals surface area contributed by atoms with Gasteiger partial charge in [0.1, 0.15) is 42.0 Å². The Morgan fingerprint density at radius 3 is 2.31 bits per heavy atom. The molecular formula is C28H46N7O19P3S. The maximum absolute atomic E-state index is 12.7. The molecule has 11 N–H and O–H groups in total. The van der Waals surface area contributed by atoms with Gasteiger partial charge in [-0.3, -0.25) is 37.3 Å². The van der Waals surface area contributed by atoms with Gasteiger partial charge in [-0.05, 0) is 13.8 Å². The zero-order valence-corrected chi connectivity index (χ0v) is 34.8. The summed E-state index contributed by atoms with van der Waals surface area (Å²) in [5, 5.41) is 36.0. The third-order valence-corrected chi connectivity index (χ3v) is 11.9. The number of carbonyl (C=O) groups excluding carboxylic acids is 4. The molecule has 3 heterocycles. The highest BCUT2D eigenvalue weighted by molar-refractivity contribution is 8.13. The molecule has 4 unspecified atom stereocenters. The number of phosphoric ester groups is 3. The van der Waals surface area contributed by atoms with Crippen LogP contribution >= 0.6 is 35.2 Å². The number of nitrogens with one attached hydrogen (secondary N) is 2. The third kappa shape index (κ3) is 15.3. The summed E-state index contributed by atoms with van der Waals surface area (Å²) in [6.45, 7) is 2.86. The van der Waals surface area contributed by atoms with Crippen LogP contribution in [0.5, 0.6) is 0 Å². The molecule has 26 nitrogen and oxygen atoms in total. The van der Waals surface area contributed by atoms with Crippen LogP contribution < -0.4 is 16.4 Å². The van der Waals surface area contributed by atoms with E-state index < -0.39 is 90.2 Å². The molecule has 0 aliphatic carbocycles. The predicted octanol–water partition coefficient (Wildman–Crippen LogP) is -1.22. The number of nitrogens with zero attached hydrogens (tertiary/aromatic N) is 4. The fourth-order valence-electron chi connectivity index (χ4n) is 5.26. The molecular weight excluding hydrogens is 863 g/mol. The number of nitrogen functional groups attached to an aromatic ring is 1. The fraction of sp³-hybridized carbons (Fsp3) is 0.679. The second kappa shape index (κ2) is 20.2. The summed E-state index contributed by atoms with van der Waals surface area (Å²) >= 11 is 0.853. The van der Waals surface area contributed by atoms with Gasteiger partial charge in [0.2, 0.25) is 11.8 Å². The van der Waals surface area contributed by atoms with Gasteiger partial charge < -0.3 is 56.0 Å². The second-order valence-corrected chi connectivity index (χ2v) is 19.2. The molecule has 0 spiro atoms. The van der Waals surface area contributed by atoms with Gasteiger partial charge >= 0.3 is 23.5 Å². The van der Waals surface area contributed by atoms with Gasteiger partial charge in [0, 0.05) is 43.5 Å². The van der Waals surface area contributed by atoms with Gasteiger partial charge in [-0.15, -0.1) is 0 Å². The van der Waals surface area contributed by atoms with Crippen molar-refractivity contribution in [3.63, 3.8) is 0 Å². The fourth-order valence-corrected chi connectivity index (χ4v) is 8.93. The number of anilines is 1. The summed E-state index contributed by atoms with van der Waals surface area (Å²) in [5.41, 5.74) is 2.72.